The molecule has 0 aromatic rings. The maximum atomic E-state index is 14.0. The average molecular weight is 245 g/mol. The first-order chi connectivity index (χ1) is 7.93. The van der Waals surface area contributed by atoms with Crippen molar-refractivity contribution in [3.8, 4) is 0 Å². The molecular weight excluding hydrogens is 228 g/mol. The molecule has 3 rings (SSSR count). The predicted octanol–water partition coefficient (Wildman–Crippen LogP) is 1.72. The number of aliphatic carboxylic acids is 1. The summed E-state index contributed by atoms with van der Waals surface area (Å²) in [5.74, 6) is -4.96. The number of alkyl halides is 2. The van der Waals surface area contributed by atoms with Crippen molar-refractivity contribution in [3.05, 3.63) is 0 Å². The van der Waals surface area contributed by atoms with Crippen LogP contribution in [0.15, 0.2) is 0 Å². The Balaban J connectivity index is 1.94. The van der Waals surface area contributed by atoms with Crippen LogP contribution in [0.25, 0.3) is 0 Å². The first-order valence-electron chi connectivity index (χ1n) is 6.23. The lowest BCUT2D eigenvalue weighted by Crippen LogP contribution is -2.63. The summed E-state index contributed by atoms with van der Waals surface area (Å²) in [4.78, 5) is 10.9. The number of hydrogen-bond acceptors (Lipinski definition) is 2. The van der Waals surface area contributed by atoms with Gasteiger partial charge in [0.2, 0.25) is 0 Å². The van der Waals surface area contributed by atoms with Crippen LogP contribution in [0.2, 0.25) is 0 Å². The lowest BCUT2D eigenvalue weighted by molar-refractivity contribution is -0.221. The third-order valence-corrected chi connectivity index (χ3v) is 5.56. The molecule has 3 aliphatic carbocycles. The third-order valence-electron chi connectivity index (χ3n) is 5.56. The molecule has 0 radical (unpaired) electrons. The highest BCUT2D eigenvalue weighted by atomic mass is 19.3. The second kappa shape index (κ2) is 3.19. The van der Waals surface area contributed by atoms with Crippen molar-refractivity contribution < 1.29 is 18.7 Å². The Kier molecular flexibility index (Phi) is 2.14. The summed E-state index contributed by atoms with van der Waals surface area (Å²) in [7, 11) is 0. The number of carbonyl (C=O) groups is 1. The second-order valence-corrected chi connectivity index (χ2v) is 5.93. The molecule has 3 N–H and O–H groups in total. The lowest BCUT2D eigenvalue weighted by atomic mass is 9.44. The third kappa shape index (κ3) is 1.16. The highest BCUT2D eigenvalue weighted by molar-refractivity contribution is 5.68. The molecule has 0 aromatic heterocycles. The van der Waals surface area contributed by atoms with Crippen LogP contribution >= 0.6 is 0 Å². The Hall–Kier alpha value is -0.710. The highest BCUT2D eigenvalue weighted by Gasteiger charge is 2.76. The molecule has 0 saturated heterocycles. The first-order valence-corrected chi connectivity index (χ1v) is 6.23. The van der Waals surface area contributed by atoms with E-state index in [0.29, 0.717) is 12.8 Å². The molecule has 5 atom stereocenters. The smallest absolute Gasteiger partial charge is 0.303 e. The van der Waals surface area contributed by atoms with Gasteiger partial charge in [-0.15, -0.1) is 0 Å². The van der Waals surface area contributed by atoms with Crippen molar-refractivity contribution >= 4 is 5.97 Å². The maximum absolute atomic E-state index is 14.0. The Bertz CT molecular complexity index is 366. The van der Waals surface area contributed by atoms with Gasteiger partial charge >= 0.3 is 5.97 Å². The summed E-state index contributed by atoms with van der Waals surface area (Å²) in [6, 6.07) is 0. The van der Waals surface area contributed by atoms with Crippen LogP contribution in [-0.2, 0) is 4.79 Å². The van der Waals surface area contributed by atoms with Gasteiger partial charge in [-0.05, 0) is 43.1 Å². The van der Waals surface area contributed by atoms with Gasteiger partial charge in [-0.2, -0.15) is 0 Å². The quantitative estimate of drug-likeness (QED) is 0.795. The largest absolute Gasteiger partial charge is 0.481 e. The molecule has 0 aliphatic heterocycles. The average Bonchev–Trinajstić information content (AvgIpc) is 2.46. The fraction of sp³-hybridized carbons (Fsp3) is 0.917. The van der Waals surface area contributed by atoms with Gasteiger partial charge in [0.25, 0.3) is 5.92 Å². The zero-order valence-electron chi connectivity index (χ0n) is 9.53. The molecule has 0 aromatic carbocycles. The maximum Gasteiger partial charge on any atom is 0.303 e. The number of fused-ring (bicyclic) bond motifs is 1. The fourth-order valence-corrected chi connectivity index (χ4v) is 4.88. The molecular formula is C12H17F2NO2. The molecule has 2 bridgehead atoms. The van der Waals surface area contributed by atoms with E-state index in [-0.39, 0.29) is 24.8 Å². The fourth-order valence-electron chi connectivity index (χ4n) is 4.88. The second-order valence-electron chi connectivity index (χ2n) is 5.93. The van der Waals surface area contributed by atoms with E-state index >= 15 is 0 Å². The summed E-state index contributed by atoms with van der Waals surface area (Å²) >= 11 is 0. The van der Waals surface area contributed by atoms with Crippen molar-refractivity contribution in [3.63, 3.8) is 0 Å². The highest BCUT2D eigenvalue weighted by Crippen LogP contribution is 2.74. The van der Waals surface area contributed by atoms with E-state index in [4.69, 9.17) is 10.8 Å². The van der Waals surface area contributed by atoms with E-state index in [0.717, 1.165) is 6.42 Å². The first kappa shape index (κ1) is 11.4. The number of nitrogens with two attached hydrogens (primary N) is 1. The van der Waals surface area contributed by atoms with Crippen molar-refractivity contribution in [2.75, 3.05) is 6.54 Å². The van der Waals surface area contributed by atoms with Crippen LogP contribution in [-0.4, -0.2) is 23.5 Å². The summed E-state index contributed by atoms with van der Waals surface area (Å²) in [6.45, 7) is 0.230. The minimum atomic E-state index is -2.58. The van der Waals surface area contributed by atoms with Crippen molar-refractivity contribution in [1.29, 1.82) is 0 Å². The summed E-state index contributed by atoms with van der Waals surface area (Å²) in [6.07, 6.45) is 1.69. The molecule has 3 fully saturated rings. The van der Waals surface area contributed by atoms with E-state index in [2.05, 4.69) is 0 Å². The van der Waals surface area contributed by atoms with E-state index < -0.39 is 29.1 Å². The lowest BCUT2D eigenvalue weighted by Gasteiger charge is -2.60. The molecule has 17 heavy (non-hydrogen) atoms. The van der Waals surface area contributed by atoms with Gasteiger partial charge in [0, 0.05) is 11.8 Å². The van der Waals surface area contributed by atoms with Crippen molar-refractivity contribution in [2.45, 2.75) is 31.6 Å². The SMILES string of the molecule is NC[C@@]1(CC(=O)O)C2CC[C@@H]3C[C@H]1[C@H]2C3(F)F. The van der Waals surface area contributed by atoms with Crippen molar-refractivity contribution in [1.82, 2.24) is 0 Å². The molecule has 5 heteroatoms. The Labute approximate surface area is 98.4 Å². The van der Waals surface area contributed by atoms with Crippen LogP contribution in [0.3, 0.4) is 0 Å². The molecule has 1 unspecified atom stereocenters. The molecule has 3 nitrogen and oxygen atoms in total. The van der Waals surface area contributed by atoms with Gasteiger partial charge in [0.15, 0.2) is 0 Å². The van der Waals surface area contributed by atoms with Gasteiger partial charge < -0.3 is 10.8 Å². The zero-order chi connectivity index (χ0) is 12.4. The normalized spacial score (nSPS) is 49.8. The Morgan fingerprint density at radius 2 is 2.06 bits per heavy atom. The molecule has 3 saturated carbocycles. The number of hydrogen-bond donors (Lipinski definition) is 2. The van der Waals surface area contributed by atoms with Crippen LogP contribution in [0, 0.1) is 29.1 Å². The molecule has 3 aliphatic rings. The van der Waals surface area contributed by atoms with E-state index in [1.54, 1.807) is 0 Å². The topological polar surface area (TPSA) is 63.3 Å². The number of carboxylic acid groups (broad SMARTS) is 1. The van der Waals surface area contributed by atoms with Crippen LogP contribution in [0.4, 0.5) is 8.78 Å². The van der Waals surface area contributed by atoms with Crippen molar-refractivity contribution in [2.24, 2.45) is 34.8 Å². The number of carboxylic acids is 1. The van der Waals surface area contributed by atoms with Gasteiger partial charge in [0.1, 0.15) is 0 Å². The predicted molar refractivity (Wildman–Crippen MR) is 56.5 cm³/mol. The molecule has 0 amide bonds. The summed E-state index contributed by atoms with van der Waals surface area (Å²) in [5.41, 5.74) is 5.19. The van der Waals surface area contributed by atoms with E-state index in [1.807, 2.05) is 0 Å². The van der Waals surface area contributed by atoms with Gasteiger partial charge in [-0.3, -0.25) is 4.79 Å². The van der Waals surface area contributed by atoms with Crippen LogP contribution < -0.4 is 5.73 Å². The standard InChI is InChI=1S/C12H17F2NO2/c13-12(14)6-1-2-7-10(12)8(3-6)11(7,5-15)4-9(16)17/h6-8,10H,1-5,15H2,(H,16,17)/t6-,7?,8+,10+,11+/m1/s1. The van der Waals surface area contributed by atoms with Crippen LogP contribution in [0.1, 0.15) is 25.7 Å². The number of halogens is 2. The van der Waals surface area contributed by atoms with Gasteiger partial charge in [0.05, 0.1) is 6.42 Å². The Morgan fingerprint density at radius 1 is 1.35 bits per heavy atom. The van der Waals surface area contributed by atoms with Gasteiger partial charge in [-0.1, -0.05) is 0 Å². The molecule has 0 spiro atoms. The number of rotatable bonds is 3. The molecule has 96 valence electrons. The zero-order valence-corrected chi connectivity index (χ0v) is 9.53. The van der Waals surface area contributed by atoms with E-state index in [1.165, 1.54) is 0 Å². The Morgan fingerprint density at radius 3 is 2.65 bits per heavy atom. The summed E-state index contributed by atoms with van der Waals surface area (Å²) < 4.78 is 27.9. The van der Waals surface area contributed by atoms with Gasteiger partial charge in [-0.25, -0.2) is 8.78 Å². The minimum Gasteiger partial charge on any atom is -0.481 e. The monoisotopic (exact) mass is 245 g/mol. The van der Waals surface area contributed by atoms with E-state index in [9.17, 15) is 13.6 Å². The molecule has 0 heterocycles. The minimum absolute atomic E-state index is 0.0435. The summed E-state index contributed by atoms with van der Waals surface area (Å²) in [5, 5.41) is 8.98. The van der Waals surface area contributed by atoms with Crippen LogP contribution in [0.5, 0.6) is 0 Å².